The summed E-state index contributed by atoms with van der Waals surface area (Å²) in [7, 11) is 0. The van der Waals surface area contributed by atoms with E-state index in [1.54, 1.807) is 0 Å². The Kier molecular flexibility index (Phi) is 5.19. The van der Waals surface area contributed by atoms with Crippen LogP contribution in [0, 0.1) is 11.3 Å². The first-order valence-corrected chi connectivity index (χ1v) is 6.52. The fourth-order valence-electron chi connectivity index (χ4n) is 2.66. The highest BCUT2D eigenvalue weighted by molar-refractivity contribution is 5.85. The molecule has 1 aromatic carbocycles. The number of hydrogen-bond acceptors (Lipinski definition) is 3. The van der Waals surface area contributed by atoms with Gasteiger partial charge in [-0.1, -0.05) is 44.2 Å². The molecule has 1 aliphatic rings. The molecular formula is C15H22ClNO3. The molecule has 2 atom stereocenters. The fourth-order valence-corrected chi connectivity index (χ4v) is 2.66. The van der Waals surface area contributed by atoms with Crippen molar-refractivity contribution in [3.05, 3.63) is 35.9 Å². The van der Waals surface area contributed by atoms with Gasteiger partial charge in [0.05, 0.1) is 13.2 Å². The summed E-state index contributed by atoms with van der Waals surface area (Å²) in [5, 5.41) is 9.18. The van der Waals surface area contributed by atoms with Crippen molar-refractivity contribution in [1.29, 1.82) is 0 Å². The monoisotopic (exact) mass is 299 g/mol. The normalized spacial score (nSPS) is 27.2. The van der Waals surface area contributed by atoms with Crippen molar-refractivity contribution in [2.45, 2.75) is 32.4 Å². The molecule has 2 unspecified atom stereocenters. The molecule has 0 heterocycles. The van der Waals surface area contributed by atoms with Gasteiger partial charge in [-0.3, -0.25) is 4.79 Å². The highest BCUT2D eigenvalue weighted by atomic mass is 35.5. The lowest BCUT2D eigenvalue weighted by atomic mass is 9.50. The number of ether oxygens (including phenoxy) is 1. The molecule has 0 amide bonds. The van der Waals surface area contributed by atoms with E-state index in [1.165, 1.54) is 0 Å². The van der Waals surface area contributed by atoms with Crippen molar-refractivity contribution in [3.8, 4) is 0 Å². The summed E-state index contributed by atoms with van der Waals surface area (Å²) in [6, 6.07) is 9.93. The molecule has 0 saturated heterocycles. The minimum absolute atomic E-state index is 0. The smallest absolute Gasteiger partial charge is 0.324 e. The van der Waals surface area contributed by atoms with Crippen LogP contribution >= 0.6 is 12.4 Å². The second-order valence-electron chi connectivity index (χ2n) is 5.90. The van der Waals surface area contributed by atoms with Crippen molar-refractivity contribution in [1.82, 2.24) is 0 Å². The highest BCUT2D eigenvalue weighted by Gasteiger charge is 2.62. The van der Waals surface area contributed by atoms with Crippen LogP contribution in [0.15, 0.2) is 30.3 Å². The van der Waals surface area contributed by atoms with E-state index in [0.717, 1.165) is 5.56 Å². The Balaban J connectivity index is 0.00000200. The van der Waals surface area contributed by atoms with E-state index in [2.05, 4.69) is 0 Å². The third-order valence-corrected chi connectivity index (χ3v) is 4.55. The van der Waals surface area contributed by atoms with Gasteiger partial charge in [0.2, 0.25) is 0 Å². The second-order valence-corrected chi connectivity index (χ2v) is 5.90. The van der Waals surface area contributed by atoms with E-state index in [9.17, 15) is 9.90 Å². The predicted octanol–water partition coefficient (Wildman–Crippen LogP) is 2.45. The van der Waals surface area contributed by atoms with Crippen LogP contribution in [0.2, 0.25) is 0 Å². The van der Waals surface area contributed by atoms with E-state index in [0.29, 0.717) is 19.6 Å². The molecule has 5 heteroatoms. The Morgan fingerprint density at radius 3 is 2.50 bits per heavy atom. The fraction of sp³-hybridized carbons (Fsp3) is 0.533. The third-order valence-electron chi connectivity index (χ3n) is 4.55. The Hall–Kier alpha value is -1.10. The van der Waals surface area contributed by atoms with Crippen LogP contribution in [0.4, 0.5) is 0 Å². The first kappa shape index (κ1) is 17.0. The summed E-state index contributed by atoms with van der Waals surface area (Å²) in [4.78, 5) is 11.2. The van der Waals surface area contributed by atoms with Crippen LogP contribution in [-0.4, -0.2) is 23.2 Å². The second kappa shape index (κ2) is 6.12. The van der Waals surface area contributed by atoms with Gasteiger partial charge < -0.3 is 15.6 Å². The molecule has 1 aromatic rings. The average molecular weight is 300 g/mol. The van der Waals surface area contributed by atoms with Crippen molar-refractivity contribution >= 4 is 18.4 Å². The topological polar surface area (TPSA) is 72.5 Å². The van der Waals surface area contributed by atoms with E-state index < -0.39 is 16.9 Å². The number of aliphatic carboxylic acids is 1. The zero-order valence-electron chi connectivity index (χ0n) is 11.8. The number of carboxylic acids is 1. The number of halogens is 1. The standard InChI is InChI=1S/C15H21NO3.ClH/c1-14(2)12(8-15(14,16)13(17)18)10-19-9-11-6-4-3-5-7-11;/h3-7,12H,8-10,16H2,1-2H3,(H,17,18);1H. The van der Waals surface area contributed by atoms with Crippen molar-refractivity contribution in [2.75, 3.05) is 6.61 Å². The molecule has 3 N–H and O–H groups in total. The van der Waals surface area contributed by atoms with Crippen molar-refractivity contribution in [3.63, 3.8) is 0 Å². The first-order chi connectivity index (χ1) is 8.88. The van der Waals surface area contributed by atoms with Crippen LogP contribution in [0.5, 0.6) is 0 Å². The highest BCUT2D eigenvalue weighted by Crippen LogP contribution is 2.52. The van der Waals surface area contributed by atoms with Crippen molar-refractivity contribution in [2.24, 2.45) is 17.1 Å². The lowest BCUT2D eigenvalue weighted by Gasteiger charge is -2.56. The van der Waals surface area contributed by atoms with Crippen LogP contribution in [0.3, 0.4) is 0 Å². The molecule has 0 aromatic heterocycles. The van der Waals surface area contributed by atoms with Gasteiger partial charge in [0.1, 0.15) is 5.54 Å². The van der Waals surface area contributed by atoms with E-state index >= 15 is 0 Å². The summed E-state index contributed by atoms with van der Waals surface area (Å²) in [5.74, 6) is -0.728. The first-order valence-electron chi connectivity index (χ1n) is 6.52. The van der Waals surface area contributed by atoms with Gasteiger partial charge >= 0.3 is 5.97 Å². The summed E-state index contributed by atoms with van der Waals surface area (Å²) in [6.07, 6.45) is 0.476. The Bertz CT molecular complexity index is 463. The maximum absolute atomic E-state index is 11.2. The van der Waals surface area contributed by atoms with Gasteiger partial charge in [-0.05, 0) is 23.3 Å². The lowest BCUT2D eigenvalue weighted by molar-refractivity contribution is -0.168. The van der Waals surface area contributed by atoms with E-state index in [4.69, 9.17) is 10.5 Å². The zero-order valence-corrected chi connectivity index (χ0v) is 12.7. The molecule has 2 rings (SSSR count). The number of carbonyl (C=O) groups is 1. The quantitative estimate of drug-likeness (QED) is 0.876. The number of hydrogen-bond donors (Lipinski definition) is 2. The number of benzene rings is 1. The van der Waals surface area contributed by atoms with Gasteiger partial charge in [-0.25, -0.2) is 0 Å². The SMILES string of the molecule is CC1(C)C(COCc2ccccc2)CC1(N)C(=O)O.Cl. The Morgan fingerprint density at radius 2 is 2.00 bits per heavy atom. The van der Waals surface area contributed by atoms with E-state index in [1.807, 2.05) is 44.2 Å². The minimum Gasteiger partial charge on any atom is -0.480 e. The van der Waals surface area contributed by atoms with Crippen LogP contribution < -0.4 is 5.73 Å². The largest absolute Gasteiger partial charge is 0.480 e. The molecular weight excluding hydrogens is 278 g/mol. The Labute approximate surface area is 125 Å². The van der Waals surface area contributed by atoms with Crippen LogP contribution in [-0.2, 0) is 16.1 Å². The molecule has 1 saturated carbocycles. The van der Waals surface area contributed by atoms with Crippen LogP contribution in [0.25, 0.3) is 0 Å². The predicted molar refractivity (Wildman–Crippen MR) is 79.8 cm³/mol. The molecule has 20 heavy (non-hydrogen) atoms. The zero-order chi connectivity index (χ0) is 14.1. The van der Waals surface area contributed by atoms with Crippen molar-refractivity contribution < 1.29 is 14.6 Å². The van der Waals surface area contributed by atoms with Crippen LogP contribution in [0.1, 0.15) is 25.8 Å². The molecule has 1 fully saturated rings. The summed E-state index contributed by atoms with van der Waals surface area (Å²) >= 11 is 0. The summed E-state index contributed by atoms with van der Waals surface area (Å²) in [6.45, 7) is 4.91. The molecule has 1 aliphatic carbocycles. The van der Waals surface area contributed by atoms with Gasteiger partial charge in [0.15, 0.2) is 0 Å². The molecule has 0 aliphatic heterocycles. The van der Waals surface area contributed by atoms with Gasteiger partial charge in [-0.2, -0.15) is 0 Å². The maximum Gasteiger partial charge on any atom is 0.324 e. The number of rotatable bonds is 5. The van der Waals surface area contributed by atoms with E-state index in [-0.39, 0.29) is 18.3 Å². The molecule has 112 valence electrons. The minimum atomic E-state index is -1.12. The Morgan fingerprint density at radius 1 is 1.40 bits per heavy atom. The third kappa shape index (κ3) is 2.82. The number of carboxylic acid groups (broad SMARTS) is 1. The van der Waals surface area contributed by atoms with Gasteiger partial charge in [0, 0.05) is 0 Å². The molecule has 4 nitrogen and oxygen atoms in total. The number of nitrogens with two attached hydrogens (primary N) is 1. The molecule has 0 bridgehead atoms. The molecule has 0 radical (unpaired) electrons. The summed E-state index contributed by atoms with van der Waals surface area (Å²) in [5.41, 5.74) is 5.51. The maximum atomic E-state index is 11.2. The van der Waals surface area contributed by atoms with Gasteiger partial charge in [-0.15, -0.1) is 12.4 Å². The van der Waals surface area contributed by atoms with Gasteiger partial charge in [0.25, 0.3) is 0 Å². The lowest BCUT2D eigenvalue weighted by Crippen LogP contribution is -2.71. The average Bonchev–Trinajstić information content (AvgIpc) is 2.38. The molecule has 0 spiro atoms. The summed E-state index contributed by atoms with van der Waals surface area (Å²) < 4.78 is 5.68.